The molecule has 32 heavy (non-hydrogen) atoms. The van der Waals surface area contributed by atoms with Crippen molar-refractivity contribution in [2.45, 2.75) is 58.6 Å². The molecule has 2 aliphatic heterocycles. The third-order valence-corrected chi connectivity index (χ3v) is 5.88. The number of allylic oxidation sites excluding steroid dienone is 1. The van der Waals surface area contributed by atoms with Gasteiger partial charge in [-0.2, -0.15) is 0 Å². The number of nitrogens with one attached hydrogen (secondary N) is 1. The summed E-state index contributed by atoms with van der Waals surface area (Å²) in [6, 6.07) is 7.82. The zero-order valence-electron chi connectivity index (χ0n) is 19.5. The first-order chi connectivity index (χ1) is 15.3. The second-order valence-corrected chi connectivity index (χ2v) is 8.95. The molecule has 0 fully saturated rings. The monoisotopic (exact) mass is 433 g/mol. The smallest absolute Gasteiger partial charge is 0.311 e. The van der Waals surface area contributed by atoms with Gasteiger partial charge in [-0.3, -0.25) is 4.79 Å². The molecular weight excluding hydrogens is 402 g/mol. The fraction of sp³-hybridized carbons (Fsp3) is 0.370. The number of benzene rings is 2. The summed E-state index contributed by atoms with van der Waals surface area (Å²) in [5.41, 5.74) is 6.23. The molecule has 5 heteroatoms. The number of methoxy groups -OCH3 is 1. The fourth-order valence-corrected chi connectivity index (χ4v) is 4.79. The number of fused-ring (bicyclic) bond motifs is 5. The van der Waals surface area contributed by atoms with Gasteiger partial charge in [-0.25, -0.2) is 0 Å². The maximum absolute atomic E-state index is 12.2. The van der Waals surface area contributed by atoms with Crippen LogP contribution in [-0.4, -0.2) is 18.6 Å². The van der Waals surface area contributed by atoms with Gasteiger partial charge in [-0.15, -0.1) is 6.58 Å². The number of hydrogen-bond acceptors (Lipinski definition) is 5. The Balaban J connectivity index is 1.94. The van der Waals surface area contributed by atoms with E-state index in [9.17, 15) is 4.79 Å². The Bertz CT molecular complexity index is 1110. The van der Waals surface area contributed by atoms with E-state index in [0.29, 0.717) is 30.1 Å². The first kappa shape index (κ1) is 22.0. The molecule has 0 bridgehead atoms. The van der Waals surface area contributed by atoms with E-state index in [1.165, 1.54) is 5.57 Å². The number of carbonyl (C=O) groups excluding carboxylic acids is 1. The van der Waals surface area contributed by atoms with Crippen LogP contribution in [0, 0.1) is 0 Å². The molecule has 2 aromatic carbocycles. The van der Waals surface area contributed by atoms with Gasteiger partial charge in [-0.05, 0) is 56.5 Å². The SMILES string of the molecule is C=CCC1Oc2ccc(OC(=O)CCC)c(OC)c2-c2ccc3c(c21)C(C)=CC(C)(C)N3. The number of anilines is 1. The van der Waals surface area contributed by atoms with E-state index >= 15 is 0 Å². The molecule has 0 radical (unpaired) electrons. The van der Waals surface area contributed by atoms with Crippen molar-refractivity contribution in [2.75, 3.05) is 12.4 Å². The van der Waals surface area contributed by atoms with Crippen molar-refractivity contribution in [2.24, 2.45) is 0 Å². The molecule has 1 N–H and O–H groups in total. The summed E-state index contributed by atoms with van der Waals surface area (Å²) in [5.74, 6) is 1.35. The average Bonchev–Trinajstić information content (AvgIpc) is 2.72. The van der Waals surface area contributed by atoms with E-state index in [1.54, 1.807) is 13.2 Å². The number of carbonyl (C=O) groups is 1. The number of rotatable bonds is 6. The molecule has 1 unspecified atom stereocenters. The summed E-state index contributed by atoms with van der Waals surface area (Å²) in [4.78, 5) is 12.2. The van der Waals surface area contributed by atoms with Crippen LogP contribution in [0.3, 0.4) is 0 Å². The average molecular weight is 434 g/mol. The van der Waals surface area contributed by atoms with E-state index in [0.717, 1.165) is 34.4 Å². The van der Waals surface area contributed by atoms with E-state index in [-0.39, 0.29) is 17.6 Å². The van der Waals surface area contributed by atoms with Gasteiger partial charge < -0.3 is 19.5 Å². The van der Waals surface area contributed by atoms with Crippen molar-refractivity contribution < 1.29 is 19.0 Å². The highest BCUT2D eigenvalue weighted by atomic mass is 16.6. The quantitative estimate of drug-likeness (QED) is 0.313. The number of ether oxygens (including phenoxy) is 3. The molecule has 0 aliphatic carbocycles. The Labute approximate surface area is 190 Å². The van der Waals surface area contributed by atoms with Crippen LogP contribution in [0.2, 0.25) is 0 Å². The standard InChI is InChI=1S/C27H31NO4/c1-7-9-19-24-17(11-12-18-23(24)16(3)15-27(4,5)28-18)25-20(31-19)13-14-21(26(25)30-6)32-22(29)10-8-2/h7,11-15,19,28H,1,8-10H2,2-6H3. The van der Waals surface area contributed by atoms with Gasteiger partial charge >= 0.3 is 5.97 Å². The summed E-state index contributed by atoms with van der Waals surface area (Å²) in [5, 5.41) is 3.63. The van der Waals surface area contributed by atoms with Crippen molar-refractivity contribution in [1.82, 2.24) is 0 Å². The Kier molecular flexibility index (Phi) is 5.76. The lowest BCUT2D eigenvalue weighted by Gasteiger charge is -2.37. The van der Waals surface area contributed by atoms with Crippen LogP contribution >= 0.6 is 0 Å². The summed E-state index contributed by atoms with van der Waals surface area (Å²) in [6.07, 6.45) is 5.71. The van der Waals surface area contributed by atoms with Crippen molar-refractivity contribution in [3.8, 4) is 28.4 Å². The molecule has 0 saturated carbocycles. The minimum absolute atomic E-state index is 0.134. The topological polar surface area (TPSA) is 56.8 Å². The molecular formula is C27H31NO4. The molecule has 168 valence electrons. The van der Waals surface area contributed by atoms with E-state index in [4.69, 9.17) is 14.2 Å². The summed E-state index contributed by atoms with van der Waals surface area (Å²) in [6.45, 7) is 12.3. The lowest BCUT2D eigenvalue weighted by Crippen LogP contribution is -2.32. The van der Waals surface area contributed by atoms with Crippen LogP contribution in [0.25, 0.3) is 16.7 Å². The van der Waals surface area contributed by atoms with Crippen LogP contribution < -0.4 is 19.5 Å². The summed E-state index contributed by atoms with van der Waals surface area (Å²) >= 11 is 0. The third-order valence-electron chi connectivity index (χ3n) is 5.88. The summed E-state index contributed by atoms with van der Waals surface area (Å²) in [7, 11) is 1.59. The van der Waals surface area contributed by atoms with Crippen LogP contribution in [0.5, 0.6) is 17.2 Å². The first-order valence-electron chi connectivity index (χ1n) is 11.1. The highest BCUT2D eigenvalue weighted by Crippen LogP contribution is 2.54. The number of esters is 1. The van der Waals surface area contributed by atoms with Gasteiger partial charge in [0.15, 0.2) is 11.5 Å². The lowest BCUT2D eigenvalue weighted by molar-refractivity contribution is -0.134. The van der Waals surface area contributed by atoms with Gasteiger partial charge in [0.05, 0.1) is 18.2 Å². The molecule has 4 rings (SSSR count). The Morgan fingerprint density at radius 3 is 2.72 bits per heavy atom. The van der Waals surface area contributed by atoms with Crippen molar-refractivity contribution in [1.29, 1.82) is 0 Å². The molecule has 2 heterocycles. The van der Waals surface area contributed by atoms with Gasteiger partial charge in [0.2, 0.25) is 0 Å². The molecule has 2 aliphatic rings. The minimum Gasteiger partial charge on any atom is -0.492 e. The zero-order valence-corrected chi connectivity index (χ0v) is 19.5. The van der Waals surface area contributed by atoms with Crippen molar-refractivity contribution >= 4 is 17.2 Å². The molecule has 0 spiro atoms. The van der Waals surface area contributed by atoms with Crippen LogP contribution in [-0.2, 0) is 4.79 Å². The molecule has 0 aromatic heterocycles. The third kappa shape index (κ3) is 3.77. The van der Waals surface area contributed by atoms with Gasteiger partial charge in [-0.1, -0.05) is 25.1 Å². The van der Waals surface area contributed by atoms with Crippen molar-refractivity contribution in [3.63, 3.8) is 0 Å². The maximum atomic E-state index is 12.2. The van der Waals surface area contributed by atoms with Gasteiger partial charge in [0.1, 0.15) is 11.9 Å². The maximum Gasteiger partial charge on any atom is 0.311 e. The van der Waals surface area contributed by atoms with Gasteiger partial charge in [0, 0.05) is 29.7 Å². The Morgan fingerprint density at radius 2 is 2.03 bits per heavy atom. The number of hydrogen-bond donors (Lipinski definition) is 1. The lowest BCUT2D eigenvalue weighted by atomic mass is 9.81. The molecule has 1 atom stereocenters. The predicted molar refractivity (Wildman–Crippen MR) is 129 cm³/mol. The van der Waals surface area contributed by atoms with E-state index in [1.807, 2.05) is 19.1 Å². The second kappa shape index (κ2) is 8.38. The fourth-order valence-electron chi connectivity index (χ4n) is 4.79. The largest absolute Gasteiger partial charge is 0.492 e. The molecule has 2 aromatic rings. The van der Waals surface area contributed by atoms with Crippen molar-refractivity contribution in [3.05, 3.63) is 54.1 Å². The second-order valence-electron chi connectivity index (χ2n) is 8.95. The Hall–Kier alpha value is -3.21. The summed E-state index contributed by atoms with van der Waals surface area (Å²) < 4.78 is 17.9. The first-order valence-corrected chi connectivity index (χ1v) is 11.1. The zero-order chi connectivity index (χ0) is 23.0. The molecule has 0 saturated heterocycles. The Morgan fingerprint density at radius 1 is 1.25 bits per heavy atom. The van der Waals surface area contributed by atoms with E-state index in [2.05, 4.69) is 50.9 Å². The highest BCUT2D eigenvalue weighted by molar-refractivity contribution is 5.92. The molecule has 5 nitrogen and oxygen atoms in total. The van der Waals surface area contributed by atoms with Crippen LogP contribution in [0.1, 0.15) is 64.2 Å². The predicted octanol–water partition coefficient (Wildman–Crippen LogP) is 6.68. The van der Waals surface area contributed by atoms with Gasteiger partial charge in [0.25, 0.3) is 0 Å². The van der Waals surface area contributed by atoms with Crippen LogP contribution in [0.15, 0.2) is 43.0 Å². The minimum atomic E-state index is -0.275. The van der Waals surface area contributed by atoms with E-state index < -0.39 is 0 Å². The highest BCUT2D eigenvalue weighted by Gasteiger charge is 2.35. The molecule has 0 amide bonds. The normalized spacial score (nSPS) is 17.5. The van der Waals surface area contributed by atoms with Crippen LogP contribution in [0.4, 0.5) is 5.69 Å².